The van der Waals surface area contributed by atoms with Crippen molar-refractivity contribution >= 4 is 5.91 Å². The number of hydrogen-bond acceptors (Lipinski definition) is 5. The summed E-state index contributed by atoms with van der Waals surface area (Å²) in [6.45, 7) is 4.17. The minimum atomic E-state index is -0.0433. The lowest BCUT2D eigenvalue weighted by molar-refractivity contribution is 0.0908. The van der Waals surface area contributed by atoms with E-state index in [1.807, 2.05) is 18.5 Å². The van der Waals surface area contributed by atoms with Gasteiger partial charge in [0.25, 0.3) is 5.91 Å². The van der Waals surface area contributed by atoms with Gasteiger partial charge in [0.1, 0.15) is 0 Å². The molecule has 142 valence electrons. The maximum atomic E-state index is 12.6. The molecule has 3 heterocycles. The van der Waals surface area contributed by atoms with Gasteiger partial charge in [0.15, 0.2) is 11.5 Å². The van der Waals surface area contributed by atoms with E-state index in [-0.39, 0.29) is 11.9 Å². The minimum absolute atomic E-state index is 0.0433. The lowest BCUT2D eigenvalue weighted by Crippen LogP contribution is -2.44. The molecule has 0 atom stereocenters. The fourth-order valence-electron chi connectivity index (χ4n) is 3.56. The maximum absolute atomic E-state index is 12.6. The zero-order valence-electron chi connectivity index (χ0n) is 15.4. The van der Waals surface area contributed by atoms with Gasteiger partial charge >= 0.3 is 0 Å². The van der Waals surface area contributed by atoms with Crippen LogP contribution in [0.4, 0.5) is 0 Å². The highest BCUT2D eigenvalue weighted by Crippen LogP contribution is 2.30. The molecule has 1 saturated heterocycles. The van der Waals surface area contributed by atoms with Crippen LogP contribution in [-0.4, -0.2) is 48.1 Å². The molecule has 2 aliphatic rings. The van der Waals surface area contributed by atoms with Crippen LogP contribution in [-0.2, 0) is 6.54 Å². The number of carbonyl (C=O) groups is 1. The van der Waals surface area contributed by atoms with Gasteiger partial charge in [-0.1, -0.05) is 0 Å². The number of ether oxygens (including phenoxy) is 2. The molecule has 2 aliphatic heterocycles. The van der Waals surface area contributed by atoms with E-state index in [1.54, 1.807) is 12.1 Å². The van der Waals surface area contributed by atoms with Crippen molar-refractivity contribution in [1.29, 1.82) is 0 Å². The molecular weight excluding hydrogens is 342 g/mol. The first-order valence-electron chi connectivity index (χ1n) is 9.60. The monoisotopic (exact) mass is 367 g/mol. The number of aromatic nitrogens is 1. The van der Waals surface area contributed by atoms with Gasteiger partial charge in [-0.25, -0.2) is 0 Å². The average molecular weight is 367 g/mol. The van der Waals surface area contributed by atoms with Crippen molar-refractivity contribution < 1.29 is 14.3 Å². The van der Waals surface area contributed by atoms with Crippen molar-refractivity contribution in [1.82, 2.24) is 15.2 Å². The largest absolute Gasteiger partial charge is 0.490 e. The number of likely N-dealkylation sites (tertiary alicyclic amines) is 1. The summed E-state index contributed by atoms with van der Waals surface area (Å²) < 4.78 is 11.3. The summed E-state index contributed by atoms with van der Waals surface area (Å²) in [5, 5.41) is 3.17. The lowest BCUT2D eigenvalue weighted by Gasteiger charge is -2.32. The van der Waals surface area contributed by atoms with Gasteiger partial charge in [0, 0.05) is 50.1 Å². The van der Waals surface area contributed by atoms with Gasteiger partial charge in [0.05, 0.1) is 13.2 Å². The van der Waals surface area contributed by atoms with Crippen LogP contribution in [0.15, 0.2) is 42.7 Å². The second-order valence-corrected chi connectivity index (χ2v) is 7.09. The first-order chi connectivity index (χ1) is 13.3. The van der Waals surface area contributed by atoms with Crippen LogP contribution in [0.2, 0.25) is 0 Å². The van der Waals surface area contributed by atoms with E-state index < -0.39 is 0 Å². The molecule has 6 heteroatoms. The molecule has 0 radical (unpaired) electrons. The number of nitrogens with zero attached hydrogens (tertiary/aromatic N) is 2. The molecule has 1 aromatic heterocycles. The molecule has 0 saturated carbocycles. The summed E-state index contributed by atoms with van der Waals surface area (Å²) in [5.74, 6) is 1.33. The Balaban J connectivity index is 1.30. The molecule has 0 spiro atoms. The Morgan fingerprint density at radius 2 is 1.81 bits per heavy atom. The molecule has 0 aliphatic carbocycles. The van der Waals surface area contributed by atoms with Crippen LogP contribution in [0.25, 0.3) is 0 Å². The van der Waals surface area contributed by atoms with Gasteiger partial charge in [-0.15, -0.1) is 0 Å². The van der Waals surface area contributed by atoms with Crippen LogP contribution in [0.3, 0.4) is 0 Å². The summed E-state index contributed by atoms with van der Waals surface area (Å²) in [4.78, 5) is 19.1. The molecular formula is C21H25N3O3. The fourth-order valence-corrected chi connectivity index (χ4v) is 3.56. The molecule has 1 aromatic carbocycles. The number of fused-ring (bicyclic) bond motifs is 1. The van der Waals surface area contributed by atoms with Gasteiger partial charge < -0.3 is 14.8 Å². The fraction of sp³-hybridized carbons (Fsp3) is 0.429. The molecule has 1 N–H and O–H groups in total. The van der Waals surface area contributed by atoms with Crippen molar-refractivity contribution in [3.8, 4) is 11.5 Å². The number of nitrogens with one attached hydrogen (secondary N) is 1. The van der Waals surface area contributed by atoms with Crippen LogP contribution >= 0.6 is 0 Å². The van der Waals surface area contributed by atoms with Crippen molar-refractivity contribution in [2.24, 2.45) is 0 Å². The van der Waals surface area contributed by atoms with Crippen molar-refractivity contribution in [2.45, 2.75) is 31.8 Å². The third-order valence-electron chi connectivity index (χ3n) is 5.09. The van der Waals surface area contributed by atoms with Gasteiger partial charge in [-0.2, -0.15) is 0 Å². The first kappa shape index (κ1) is 17.8. The number of amides is 1. The second-order valence-electron chi connectivity index (χ2n) is 7.09. The normalized spacial score (nSPS) is 17.9. The standard InChI is InChI=1S/C21H25N3O3/c25-21(17-2-3-19-20(14-17)27-13-1-12-26-19)23-18-6-10-24(11-7-18)15-16-4-8-22-9-5-16/h2-5,8-9,14,18H,1,6-7,10-13,15H2,(H,23,25). The summed E-state index contributed by atoms with van der Waals surface area (Å²) in [7, 11) is 0. The third-order valence-corrected chi connectivity index (χ3v) is 5.09. The Bertz CT molecular complexity index is 773. The molecule has 6 nitrogen and oxygen atoms in total. The summed E-state index contributed by atoms with van der Waals surface area (Å²) >= 11 is 0. The molecule has 0 bridgehead atoms. The zero-order valence-corrected chi connectivity index (χ0v) is 15.4. The Labute approximate surface area is 159 Å². The summed E-state index contributed by atoms with van der Waals surface area (Å²) in [6, 6.07) is 9.74. The average Bonchev–Trinajstić information content (AvgIpc) is 2.95. The highest BCUT2D eigenvalue weighted by atomic mass is 16.5. The number of hydrogen-bond donors (Lipinski definition) is 1. The van der Waals surface area contributed by atoms with E-state index in [1.165, 1.54) is 5.56 Å². The number of benzene rings is 1. The molecule has 0 unspecified atom stereocenters. The summed E-state index contributed by atoms with van der Waals surface area (Å²) in [5.41, 5.74) is 1.90. The van der Waals surface area contributed by atoms with Crippen molar-refractivity contribution in [3.05, 3.63) is 53.9 Å². The molecule has 4 rings (SSSR count). The number of piperidine rings is 1. The smallest absolute Gasteiger partial charge is 0.251 e. The number of pyridine rings is 1. The lowest BCUT2D eigenvalue weighted by atomic mass is 10.0. The number of carbonyl (C=O) groups excluding carboxylic acids is 1. The van der Waals surface area contributed by atoms with E-state index in [0.29, 0.717) is 30.3 Å². The van der Waals surface area contributed by atoms with Gasteiger partial charge in [0.2, 0.25) is 0 Å². The Morgan fingerprint density at radius 1 is 1.07 bits per heavy atom. The van der Waals surface area contributed by atoms with Crippen LogP contribution in [0.1, 0.15) is 35.2 Å². The van der Waals surface area contributed by atoms with E-state index >= 15 is 0 Å². The second kappa shape index (κ2) is 8.39. The quantitative estimate of drug-likeness (QED) is 0.900. The maximum Gasteiger partial charge on any atom is 0.251 e. The Hall–Kier alpha value is -2.60. The van der Waals surface area contributed by atoms with Crippen LogP contribution in [0, 0.1) is 0 Å². The zero-order chi connectivity index (χ0) is 18.5. The summed E-state index contributed by atoms with van der Waals surface area (Å²) in [6.07, 6.45) is 6.44. The van der Waals surface area contributed by atoms with E-state index in [9.17, 15) is 4.79 Å². The van der Waals surface area contributed by atoms with E-state index in [2.05, 4.69) is 27.3 Å². The van der Waals surface area contributed by atoms with Crippen molar-refractivity contribution in [2.75, 3.05) is 26.3 Å². The van der Waals surface area contributed by atoms with Gasteiger partial charge in [-0.3, -0.25) is 14.7 Å². The minimum Gasteiger partial charge on any atom is -0.490 e. The van der Waals surface area contributed by atoms with Gasteiger partial charge in [-0.05, 0) is 48.7 Å². The van der Waals surface area contributed by atoms with E-state index in [0.717, 1.165) is 38.9 Å². The molecule has 27 heavy (non-hydrogen) atoms. The number of rotatable bonds is 4. The first-order valence-corrected chi connectivity index (χ1v) is 9.60. The van der Waals surface area contributed by atoms with Crippen LogP contribution < -0.4 is 14.8 Å². The van der Waals surface area contributed by atoms with E-state index in [4.69, 9.17) is 9.47 Å². The molecule has 2 aromatic rings. The topological polar surface area (TPSA) is 63.7 Å². The molecule has 1 fully saturated rings. The third kappa shape index (κ3) is 4.57. The highest BCUT2D eigenvalue weighted by Gasteiger charge is 2.22. The predicted molar refractivity (Wildman–Crippen MR) is 102 cm³/mol. The van der Waals surface area contributed by atoms with Crippen molar-refractivity contribution in [3.63, 3.8) is 0 Å². The van der Waals surface area contributed by atoms with Crippen LogP contribution in [0.5, 0.6) is 11.5 Å². The SMILES string of the molecule is O=C(NC1CCN(Cc2ccncc2)CC1)c1ccc2c(c1)OCCCO2. The Kier molecular flexibility index (Phi) is 5.53. The Morgan fingerprint density at radius 3 is 2.59 bits per heavy atom. The predicted octanol–water partition coefficient (Wildman–Crippen LogP) is 2.64. The highest BCUT2D eigenvalue weighted by molar-refractivity contribution is 5.95. The molecule has 1 amide bonds.